The minimum Gasteiger partial charge on any atom is -0.341 e. The van der Waals surface area contributed by atoms with E-state index in [1.807, 2.05) is 17.2 Å². The number of nitrogens with zero attached hydrogens (tertiary/aromatic N) is 3. The topological polar surface area (TPSA) is 50.2 Å². The number of piperidine rings is 1. The maximum Gasteiger partial charge on any atom is 0.323 e. The van der Waals surface area contributed by atoms with E-state index >= 15 is 0 Å². The van der Waals surface area contributed by atoms with Gasteiger partial charge in [0, 0.05) is 35.7 Å². The molecule has 1 aromatic carbocycles. The van der Waals surface area contributed by atoms with Gasteiger partial charge in [-0.3, -0.25) is 5.32 Å². The Balaban J connectivity index is 1.50. The van der Waals surface area contributed by atoms with E-state index in [9.17, 15) is 4.79 Å². The highest BCUT2D eigenvalue weighted by Gasteiger charge is 2.27. The Morgan fingerprint density at radius 2 is 2.07 bits per heavy atom. The van der Waals surface area contributed by atoms with Crippen LogP contribution in [-0.2, 0) is 0 Å². The molecule has 148 valence electrons. The third kappa shape index (κ3) is 3.65. The van der Waals surface area contributed by atoms with Gasteiger partial charge >= 0.3 is 6.03 Å². The van der Waals surface area contributed by atoms with Crippen molar-refractivity contribution in [2.24, 2.45) is 0 Å². The zero-order chi connectivity index (χ0) is 19.7. The molecule has 1 N–H and O–H groups in total. The molecule has 28 heavy (non-hydrogen) atoms. The van der Waals surface area contributed by atoms with Crippen LogP contribution in [0.1, 0.15) is 56.5 Å². The fraction of sp³-hybridized carbons (Fsp3) is 0.455. The van der Waals surface area contributed by atoms with Crippen molar-refractivity contribution in [3.05, 3.63) is 47.1 Å². The number of thiazole rings is 1. The number of aromatic nitrogens is 2. The number of likely N-dealkylation sites (tertiary alicyclic amines) is 1. The summed E-state index contributed by atoms with van der Waals surface area (Å²) in [7, 11) is 0. The van der Waals surface area contributed by atoms with Gasteiger partial charge in [-0.1, -0.05) is 32.0 Å². The minimum absolute atomic E-state index is 0.0349. The number of carbonyl (C=O) groups is 1. The highest BCUT2D eigenvalue weighted by Crippen LogP contribution is 2.34. The largest absolute Gasteiger partial charge is 0.341 e. The van der Waals surface area contributed by atoms with E-state index in [0.29, 0.717) is 17.1 Å². The van der Waals surface area contributed by atoms with Crippen molar-refractivity contribution < 1.29 is 4.79 Å². The molecule has 0 spiro atoms. The average molecular weight is 397 g/mol. The summed E-state index contributed by atoms with van der Waals surface area (Å²) >= 11 is 1.48. The number of nitrogens with one attached hydrogen (secondary N) is 1. The third-order valence-electron chi connectivity index (χ3n) is 5.84. The van der Waals surface area contributed by atoms with Gasteiger partial charge in [-0.05, 0) is 49.6 Å². The van der Waals surface area contributed by atoms with E-state index < -0.39 is 0 Å². The first-order valence-corrected chi connectivity index (χ1v) is 11.0. The molecule has 0 saturated carbocycles. The molecule has 1 fully saturated rings. The van der Waals surface area contributed by atoms with Crippen LogP contribution in [0.3, 0.4) is 0 Å². The molecule has 0 bridgehead atoms. The van der Waals surface area contributed by atoms with Crippen LogP contribution < -0.4 is 5.32 Å². The van der Waals surface area contributed by atoms with Gasteiger partial charge in [-0.25, -0.2) is 9.78 Å². The predicted molar refractivity (Wildman–Crippen MR) is 116 cm³/mol. The van der Waals surface area contributed by atoms with Crippen LogP contribution >= 0.6 is 11.3 Å². The minimum atomic E-state index is -0.0349. The van der Waals surface area contributed by atoms with E-state index in [1.54, 1.807) is 0 Å². The smallest absolute Gasteiger partial charge is 0.323 e. The maximum absolute atomic E-state index is 12.6. The van der Waals surface area contributed by atoms with Gasteiger partial charge in [-0.2, -0.15) is 0 Å². The Bertz CT molecular complexity index is 968. The summed E-state index contributed by atoms with van der Waals surface area (Å²) in [6.07, 6.45) is 3.09. The number of aryl methyl sites for hydroxylation is 1. The summed E-state index contributed by atoms with van der Waals surface area (Å²) in [5, 5.41) is 6.89. The number of amides is 2. The van der Waals surface area contributed by atoms with Gasteiger partial charge in [0.05, 0.1) is 5.69 Å². The number of hydrogen-bond acceptors (Lipinski definition) is 3. The second-order valence-electron chi connectivity index (χ2n) is 7.75. The van der Waals surface area contributed by atoms with Crippen molar-refractivity contribution in [3.63, 3.8) is 0 Å². The number of carbonyl (C=O) groups excluding carboxylic acids is 1. The first-order valence-electron chi connectivity index (χ1n) is 10.1. The molecule has 1 aliphatic heterocycles. The summed E-state index contributed by atoms with van der Waals surface area (Å²) < 4.78 is 2.54. The molecule has 4 rings (SSSR count). The molecule has 1 atom stereocenters. The van der Waals surface area contributed by atoms with Gasteiger partial charge in [0.25, 0.3) is 0 Å². The molecule has 5 nitrogen and oxygen atoms in total. The Hall–Kier alpha value is -2.34. The number of fused-ring (bicyclic) bond motifs is 1. The Labute approximate surface area is 170 Å². The lowest BCUT2D eigenvalue weighted by Crippen LogP contribution is -2.41. The van der Waals surface area contributed by atoms with E-state index in [-0.39, 0.29) is 6.03 Å². The van der Waals surface area contributed by atoms with Crippen LogP contribution in [0, 0.1) is 6.92 Å². The van der Waals surface area contributed by atoms with E-state index in [4.69, 9.17) is 0 Å². The lowest BCUT2D eigenvalue weighted by molar-refractivity contribution is 0.184. The van der Waals surface area contributed by atoms with Crippen molar-refractivity contribution in [3.8, 4) is 0 Å². The second-order valence-corrected chi connectivity index (χ2v) is 8.61. The highest BCUT2D eigenvalue weighted by molar-refractivity contribution is 7.13. The molecule has 1 aliphatic rings. The fourth-order valence-electron chi connectivity index (χ4n) is 4.10. The Morgan fingerprint density at radius 3 is 2.75 bits per heavy atom. The summed E-state index contributed by atoms with van der Waals surface area (Å²) in [5.41, 5.74) is 3.68. The van der Waals surface area contributed by atoms with E-state index in [2.05, 4.69) is 59.0 Å². The number of hydrogen-bond donors (Lipinski definition) is 1. The van der Waals surface area contributed by atoms with Gasteiger partial charge in [-0.15, -0.1) is 11.3 Å². The van der Waals surface area contributed by atoms with E-state index in [1.165, 1.54) is 27.9 Å². The maximum atomic E-state index is 12.6. The lowest BCUT2D eigenvalue weighted by atomic mass is 10.0. The second kappa shape index (κ2) is 7.95. The van der Waals surface area contributed by atoms with Crippen molar-refractivity contribution in [1.29, 1.82) is 0 Å². The summed E-state index contributed by atoms with van der Waals surface area (Å²) in [4.78, 5) is 18.8. The van der Waals surface area contributed by atoms with Crippen LogP contribution in [0.15, 0.2) is 35.7 Å². The molecule has 3 aromatic rings. The van der Waals surface area contributed by atoms with Crippen molar-refractivity contribution in [2.75, 3.05) is 18.4 Å². The molecule has 0 radical (unpaired) electrons. The quantitative estimate of drug-likeness (QED) is 0.607. The molecule has 2 amide bonds. The molecule has 1 unspecified atom stereocenters. The molecular weight excluding hydrogens is 368 g/mol. The number of rotatable bonds is 4. The molecule has 0 aliphatic carbocycles. The molecule has 2 aromatic heterocycles. The zero-order valence-electron chi connectivity index (χ0n) is 16.8. The molecular formula is C22H28N4OS. The van der Waals surface area contributed by atoms with Crippen LogP contribution in [0.25, 0.3) is 10.9 Å². The Morgan fingerprint density at radius 1 is 1.32 bits per heavy atom. The molecule has 6 heteroatoms. The first-order chi connectivity index (χ1) is 13.6. The van der Waals surface area contributed by atoms with Gasteiger partial charge in [0.1, 0.15) is 0 Å². The predicted octanol–water partition coefficient (Wildman–Crippen LogP) is 5.79. The lowest BCUT2D eigenvalue weighted by Gasteiger charge is -2.34. The standard InChI is InChI=1S/C22H28N4OS/c1-4-15(2)20-13-17-7-5-6-8-19(17)26(20)18-9-11-25(12-10-18)22(27)24-21-23-16(3)14-28-21/h5-8,13-15,18H,4,9-12H2,1-3H3,(H,23,24,27). The number of anilines is 1. The van der Waals surface area contributed by atoms with Gasteiger partial charge < -0.3 is 9.47 Å². The normalized spacial score (nSPS) is 16.5. The highest BCUT2D eigenvalue weighted by atomic mass is 32.1. The summed E-state index contributed by atoms with van der Waals surface area (Å²) in [6, 6.07) is 11.4. The monoisotopic (exact) mass is 396 g/mol. The number of urea groups is 1. The summed E-state index contributed by atoms with van der Waals surface area (Å²) in [5.74, 6) is 0.530. The number of benzene rings is 1. The van der Waals surface area contributed by atoms with Gasteiger partial charge in [0.15, 0.2) is 5.13 Å². The van der Waals surface area contributed by atoms with Crippen LogP contribution in [0.2, 0.25) is 0 Å². The van der Waals surface area contributed by atoms with Crippen molar-refractivity contribution in [1.82, 2.24) is 14.5 Å². The first kappa shape index (κ1) is 19.0. The SMILES string of the molecule is CCC(C)c1cc2ccccc2n1C1CCN(C(=O)Nc2nc(C)cs2)CC1. The van der Waals surface area contributed by atoms with Crippen LogP contribution in [-0.4, -0.2) is 33.6 Å². The molecule has 3 heterocycles. The molecule has 1 saturated heterocycles. The van der Waals surface area contributed by atoms with Crippen molar-refractivity contribution in [2.45, 2.75) is 52.0 Å². The van der Waals surface area contributed by atoms with Gasteiger partial charge in [0.2, 0.25) is 0 Å². The van der Waals surface area contributed by atoms with Crippen LogP contribution in [0.4, 0.5) is 9.93 Å². The number of para-hydroxylation sites is 1. The van der Waals surface area contributed by atoms with Crippen LogP contribution in [0.5, 0.6) is 0 Å². The summed E-state index contributed by atoms with van der Waals surface area (Å²) in [6.45, 7) is 8.04. The fourth-order valence-corrected chi connectivity index (χ4v) is 4.78. The van der Waals surface area contributed by atoms with E-state index in [0.717, 1.165) is 38.0 Å². The van der Waals surface area contributed by atoms with Crippen molar-refractivity contribution >= 4 is 33.4 Å². The third-order valence-corrected chi connectivity index (χ3v) is 6.72. The average Bonchev–Trinajstić information content (AvgIpc) is 3.30. The zero-order valence-corrected chi connectivity index (χ0v) is 17.6. The Kier molecular flexibility index (Phi) is 5.40.